The maximum atomic E-state index is 12.3. The maximum Gasteiger partial charge on any atom is 0.255 e. The highest BCUT2D eigenvalue weighted by molar-refractivity contribution is 6.01. The number of amides is 1. The van der Waals surface area contributed by atoms with E-state index in [4.69, 9.17) is 4.74 Å². The quantitative estimate of drug-likeness (QED) is 0.653. The number of hydrogen-bond donors (Lipinski definition) is 2. The van der Waals surface area contributed by atoms with Gasteiger partial charge in [-0.2, -0.15) is 0 Å². The standard InChI is InChI=1S/C19H24N2O3/c1-21(9-11-24-12-10-21)8-4-7-20-19(23)17-13-15-5-2-3-6-16(15)14-18(17)22/h2-3,5-6,13-14H,4,7-12H2,1H3,(H-,20,22,23)/p+1. The average molecular weight is 329 g/mol. The first-order valence-corrected chi connectivity index (χ1v) is 8.49. The molecule has 0 aliphatic carbocycles. The SMILES string of the molecule is C[N+]1(CCCNC(=O)c2cc3ccccc3cc2O)CCOCC1. The number of carbonyl (C=O) groups is 1. The molecular weight excluding hydrogens is 304 g/mol. The van der Waals surface area contributed by atoms with Crippen LogP contribution in [0.25, 0.3) is 10.8 Å². The van der Waals surface area contributed by atoms with Gasteiger partial charge in [-0.25, -0.2) is 0 Å². The van der Waals surface area contributed by atoms with Crippen LogP contribution in [-0.2, 0) is 4.74 Å². The van der Waals surface area contributed by atoms with Gasteiger partial charge in [0.2, 0.25) is 0 Å². The van der Waals surface area contributed by atoms with Crippen molar-refractivity contribution in [1.29, 1.82) is 0 Å². The third kappa shape index (κ3) is 3.86. The zero-order valence-corrected chi connectivity index (χ0v) is 14.1. The van der Waals surface area contributed by atoms with E-state index >= 15 is 0 Å². The molecule has 1 heterocycles. The number of carbonyl (C=O) groups excluding carboxylic acids is 1. The summed E-state index contributed by atoms with van der Waals surface area (Å²) in [7, 11) is 2.24. The van der Waals surface area contributed by atoms with Crippen molar-refractivity contribution in [2.45, 2.75) is 6.42 Å². The highest BCUT2D eigenvalue weighted by Gasteiger charge is 2.24. The number of phenolic OH excluding ortho intramolecular Hbond substituents is 1. The maximum absolute atomic E-state index is 12.3. The predicted octanol–water partition coefficient (Wildman–Crippen LogP) is 2.14. The van der Waals surface area contributed by atoms with Crippen molar-refractivity contribution in [1.82, 2.24) is 5.32 Å². The number of benzene rings is 2. The molecule has 1 saturated heterocycles. The number of fused-ring (bicyclic) bond motifs is 1. The molecule has 1 aliphatic heterocycles. The molecule has 1 amide bonds. The van der Waals surface area contributed by atoms with E-state index in [1.54, 1.807) is 12.1 Å². The average Bonchev–Trinajstić information content (AvgIpc) is 2.58. The number of nitrogens with one attached hydrogen (secondary N) is 1. The van der Waals surface area contributed by atoms with Gasteiger partial charge in [-0.3, -0.25) is 4.79 Å². The fourth-order valence-electron chi connectivity index (χ4n) is 3.18. The van der Waals surface area contributed by atoms with Gasteiger partial charge >= 0.3 is 0 Å². The third-order valence-electron chi connectivity index (χ3n) is 4.82. The Kier molecular flexibility index (Phi) is 5.02. The van der Waals surface area contributed by atoms with Crippen LogP contribution in [0.2, 0.25) is 0 Å². The minimum absolute atomic E-state index is 0.0263. The summed E-state index contributed by atoms with van der Waals surface area (Å²) in [5.41, 5.74) is 0.334. The molecule has 128 valence electrons. The highest BCUT2D eigenvalue weighted by Crippen LogP contribution is 2.24. The second kappa shape index (κ2) is 7.20. The first kappa shape index (κ1) is 16.7. The largest absolute Gasteiger partial charge is 0.507 e. The summed E-state index contributed by atoms with van der Waals surface area (Å²) in [5, 5.41) is 14.9. The van der Waals surface area contributed by atoms with Crippen LogP contribution < -0.4 is 5.32 Å². The van der Waals surface area contributed by atoms with E-state index in [0.717, 1.165) is 54.5 Å². The van der Waals surface area contributed by atoms with Crippen molar-refractivity contribution in [3.63, 3.8) is 0 Å². The van der Waals surface area contributed by atoms with Gasteiger partial charge in [0.1, 0.15) is 18.8 Å². The molecule has 0 radical (unpaired) electrons. The lowest BCUT2D eigenvalue weighted by Gasteiger charge is -2.37. The van der Waals surface area contributed by atoms with E-state index in [1.807, 2.05) is 24.3 Å². The molecule has 1 aliphatic rings. The normalized spacial score (nSPS) is 16.9. The van der Waals surface area contributed by atoms with Gasteiger partial charge in [0.15, 0.2) is 0 Å². The van der Waals surface area contributed by atoms with E-state index in [9.17, 15) is 9.90 Å². The molecule has 2 aromatic carbocycles. The van der Waals surface area contributed by atoms with Crippen LogP contribution in [0.5, 0.6) is 5.75 Å². The lowest BCUT2D eigenvalue weighted by atomic mass is 10.1. The predicted molar refractivity (Wildman–Crippen MR) is 94.2 cm³/mol. The molecular formula is C19H25N2O3+. The van der Waals surface area contributed by atoms with Crippen LogP contribution in [0.4, 0.5) is 0 Å². The van der Waals surface area contributed by atoms with Gasteiger partial charge < -0.3 is 19.6 Å². The number of nitrogens with zero attached hydrogens (tertiary/aromatic N) is 1. The number of ether oxygens (including phenoxy) is 1. The Morgan fingerprint density at radius 3 is 2.58 bits per heavy atom. The summed E-state index contributed by atoms with van der Waals surface area (Å²) in [6.45, 7) is 5.31. The summed E-state index contributed by atoms with van der Waals surface area (Å²) in [5.74, 6) is -0.193. The summed E-state index contributed by atoms with van der Waals surface area (Å²) in [4.78, 5) is 12.3. The molecule has 0 spiro atoms. The van der Waals surface area contributed by atoms with Crippen molar-refractivity contribution >= 4 is 16.7 Å². The first-order valence-electron chi connectivity index (χ1n) is 8.49. The summed E-state index contributed by atoms with van der Waals surface area (Å²) in [6.07, 6.45) is 0.913. The molecule has 0 bridgehead atoms. The van der Waals surface area contributed by atoms with E-state index in [2.05, 4.69) is 12.4 Å². The van der Waals surface area contributed by atoms with Crippen LogP contribution in [0.3, 0.4) is 0 Å². The van der Waals surface area contributed by atoms with E-state index in [-0.39, 0.29) is 11.7 Å². The number of aromatic hydroxyl groups is 1. The Labute approximate surface area is 142 Å². The van der Waals surface area contributed by atoms with E-state index in [1.165, 1.54) is 0 Å². The zero-order chi connectivity index (χ0) is 17.0. The summed E-state index contributed by atoms with van der Waals surface area (Å²) >= 11 is 0. The van der Waals surface area contributed by atoms with E-state index in [0.29, 0.717) is 12.1 Å². The smallest absolute Gasteiger partial charge is 0.255 e. The van der Waals surface area contributed by atoms with Crippen molar-refractivity contribution in [2.75, 3.05) is 46.4 Å². The Hall–Kier alpha value is -2.11. The monoisotopic (exact) mass is 329 g/mol. The van der Waals surface area contributed by atoms with Gasteiger partial charge in [-0.05, 0) is 22.9 Å². The van der Waals surface area contributed by atoms with Gasteiger partial charge in [0.25, 0.3) is 5.91 Å². The minimum atomic E-state index is -0.220. The third-order valence-corrected chi connectivity index (χ3v) is 4.82. The minimum Gasteiger partial charge on any atom is -0.507 e. The van der Waals surface area contributed by atoms with Crippen molar-refractivity contribution in [3.8, 4) is 5.75 Å². The molecule has 5 heteroatoms. The Balaban J connectivity index is 1.56. The molecule has 3 rings (SSSR count). The van der Waals surface area contributed by atoms with Crippen LogP contribution in [0.1, 0.15) is 16.8 Å². The number of rotatable bonds is 5. The van der Waals surface area contributed by atoms with Gasteiger partial charge in [0, 0.05) is 13.0 Å². The molecule has 0 aromatic heterocycles. The fraction of sp³-hybridized carbons (Fsp3) is 0.421. The van der Waals surface area contributed by atoms with Gasteiger partial charge in [-0.15, -0.1) is 0 Å². The number of morpholine rings is 1. The molecule has 24 heavy (non-hydrogen) atoms. The van der Waals surface area contributed by atoms with Crippen molar-refractivity contribution in [3.05, 3.63) is 42.0 Å². The Bertz CT molecular complexity index is 724. The van der Waals surface area contributed by atoms with Crippen LogP contribution in [0.15, 0.2) is 36.4 Å². The molecule has 5 nitrogen and oxygen atoms in total. The van der Waals surface area contributed by atoms with Gasteiger partial charge in [-0.1, -0.05) is 24.3 Å². The van der Waals surface area contributed by atoms with Crippen LogP contribution in [0, 0.1) is 0 Å². The Morgan fingerprint density at radius 2 is 1.88 bits per heavy atom. The van der Waals surface area contributed by atoms with Crippen molar-refractivity contribution < 1.29 is 19.1 Å². The second-order valence-electron chi connectivity index (χ2n) is 6.73. The van der Waals surface area contributed by atoms with Crippen molar-refractivity contribution in [2.24, 2.45) is 0 Å². The molecule has 0 atom stereocenters. The molecule has 2 aromatic rings. The molecule has 0 unspecified atom stereocenters. The number of likely N-dealkylation sites (N-methyl/N-ethyl adjacent to an activating group) is 1. The van der Waals surface area contributed by atoms with Gasteiger partial charge in [0.05, 0.1) is 32.4 Å². The highest BCUT2D eigenvalue weighted by atomic mass is 16.5. The summed E-state index contributed by atoms with van der Waals surface area (Å²) in [6, 6.07) is 11.1. The zero-order valence-electron chi connectivity index (χ0n) is 14.1. The lowest BCUT2D eigenvalue weighted by molar-refractivity contribution is -0.916. The fourth-order valence-corrected chi connectivity index (χ4v) is 3.18. The lowest BCUT2D eigenvalue weighted by Crippen LogP contribution is -2.52. The Morgan fingerprint density at radius 1 is 1.21 bits per heavy atom. The number of phenols is 1. The topological polar surface area (TPSA) is 58.6 Å². The molecule has 1 fully saturated rings. The number of quaternary nitrogens is 1. The number of hydrogen-bond acceptors (Lipinski definition) is 3. The molecule has 2 N–H and O–H groups in total. The first-order chi connectivity index (χ1) is 11.6. The van der Waals surface area contributed by atoms with Crippen LogP contribution in [-0.4, -0.2) is 61.9 Å². The summed E-state index contributed by atoms with van der Waals surface area (Å²) < 4.78 is 6.40. The van der Waals surface area contributed by atoms with E-state index < -0.39 is 0 Å². The van der Waals surface area contributed by atoms with Crippen LogP contribution >= 0.6 is 0 Å². The molecule has 0 saturated carbocycles. The second-order valence-corrected chi connectivity index (χ2v) is 6.73.